The topological polar surface area (TPSA) is 86.8 Å². The fraction of sp³-hybridized carbons (Fsp3) is 0.259. The molecule has 0 unspecified atom stereocenters. The van der Waals surface area contributed by atoms with Gasteiger partial charge < -0.3 is 10.2 Å². The maximum absolute atomic E-state index is 13.9. The molecule has 0 aliphatic rings. The van der Waals surface area contributed by atoms with Gasteiger partial charge in [0.05, 0.1) is 10.6 Å². The maximum Gasteiger partial charge on any atom is 0.264 e. The van der Waals surface area contributed by atoms with Crippen LogP contribution in [0.2, 0.25) is 15.1 Å². The monoisotopic (exact) mass is 595 g/mol. The molecule has 0 saturated heterocycles. The van der Waals surface area contributed by atoms with Gasteiger partial charge in [0.2, 0.25) is 11.8 Å². The third-order valence-corrected chi connectivity index (χ3v) is 8.62. The Morgan fingerprint density at radius 2 is 1.53 bits per heavy atom. The first-order valence-electron chi connectivity index (χ1n) is 11.8. The number of nitrogens with zero attached hydrogens (tertiary/aromatic N) is 2. The molecule has 7 nitrogen and oxygen atoms in total. The lowest BCUT2D eigenvalue weighted by molar-refractivity contribution is -0.140. The van der Waals surface area contributed by atoms with Crippen LogP contribution in [-0.4, -0.2) is 44.8 Å². The molecule has 1 atom stereocenters. The molecule has 38 heavy (non-hydrogen) atoms. The third-order valence-electron chi connectivity index (χ3n) is 5.99. The number of sulfonamides is 1. The first kappa shape index (κ1) is 29.8. The molecule has 0 fully saturated rings. The summed E-state index contributed by atoms with van der Waals surface area (Å²) in [4.78, 5) is 28.0. The highest BCUT2D eigenvalue weighted by atomic mass is 35.5. The minimum atomic E-state index is -4.17. The largest absolute Gasteiger partial charge is 0.357 e. The van der Waals surface area contributed by atoms with Gasteiger partial charge >= 0.3 is 0 Å². The normalized spacial score (nSPS) is 12.1. The Balaban J connectivity index is 2.07. The fourth-order valence-corrected chi connectivity index (χ4v) is 5.90. The predicted molar refractivity (Wildman–Crippen MR) is 152 cm³/mol. The second-order valence-electron chi connectivity index (χ2n) is 8.60. The molecular formula is C27H28Cl3N3O4S. The lowest BCUT2D eigenvalue weighted by Crippen LogP contribution is -2.51. The number of hydrogen-bond donors (Lipinski definition) is 1. The summed E-state index contributed by atoms with van der Waals surface area (Å²) in [6, 6.07) is 16.5. The van der Waals surface area contributed by atoms with E-state index in [2.05, 4.69) is 5.32 Å². The molecule has 0 radical (unpaired) electrons. The molecule has 3 aromatic carbocycles. The Bertz CT molecular complexity index is 1400. The highest BCUT2D eigenvalue weighted by molar-refractivity contribution is 7.92. The molecule has 0 aliphatic heterocycles. The van der Waals surface area contributed by atoms with Gasteiger partial charge in [0.1, 0.15) is 12.6 Å². The summed E-state index contributed by atoms with van der Waals surface area (Å²) < 4.78 is 28.6. The van der Waals surface area contributed by atoms with Gasteiger partial charge in [-0.2, -0.15) is 0 Å². The van der Waals surface area contributed by atoms with Gasteiger partial charge in [-0.15, -0.1) is 0 Å². The van der Waals surface area contributed by atoms with E-state index in [0.717, 1.165) is 9.87 Å². The maximum atomic E-state index is 13.9. The molecule has 11 heteroatoms. The van der Waals surface area contributed by atoms with Gasteiger partial charge in [0.15, 0.2) is 0 Å². The first-order valence-corrected chi connectivity index (χ1v) is 14.3. The van der Waals surface area contributed by atoms with Crippen LogP contribution in [-0.2, 0) is 26.2 Å². The fourth-order valence-electron chi connectivity index (χ4n) is 3.89. The number of benzene rings is 3. The summed E-state index contributed by atoms with van der Waals surface area (Å²) in [7, 11) is -2.70. The lowest BCUT2D eigenvalue weighted by atomic mass is 10.1. The van der Waals surface area contributed by atoms with E-state index in [1.54, 1.807) is 49.4 Å². The summed E-state index contributed by atoms with van der Waals surface area (Å²) in [6.45, 7) is 3.07. The molecule has 0 aromatic heterocycles. The number of hydrogen-bond acceptors (Lipinski definition) is 4. The standard InChI is InChI=1S/C27H28Cl3N3O4S/c1-4-25(27(35)31-3)32(16-19-7-8-21(29)15-24(19)30)26(34)17-33(22-11-5-18(2)6-12-22)38(36,37)23-13-9-20(28)10-14-23/h5-15,25H,4,16-17H2,1-3H3,(H,31,35)/t25-/m1/s1. The SMILES string of the molecule is CC[C@H](C(=O)NC)N(Cc1ccc(Cl)cc1Cl)C(=O)CN(c1ccc(C)cc1)S(=O)(=O)c1ccc(Cl)cc1. The van der Waals surface area contributed by atoms with Crippen molar-refractivity contribution in [2.24, 2.45) is 0 Å². The Morgan fingerprint density at radius 3 is 2.08 bits per heavy atom. The van der Waals surface area contributed by atoms with Gasteiger partial charge in [-0.1, -0.05) is 65.5 Å². The lowest BCUT2D eigenvalue weighted by Gasteiger charge is -2.33. The van der Waals surface area contributed by atoms with Crippen molar-refractivity contribution in [1.29, 1.82) is 0 Å². The first-order chi connectivity index (χ1) is 18.0. The van der Waals surface area contributed by atoms with Crippen molar-refractivity contribution in [2.45, 2.75) is 37.8 Å². The minimum absolute atomic E-state index is 0.0243. The van der Waals surface area contributed by atoms with Gasteiger partial charge in [-0.25, -0.2) is 8.42 Å². The summed E-state index contributed by atoms with van der Waals surface area (Å²) in [6.07, 6.45) is 0.297. The summed E-state index contributed by atoms with van der Waals surface area (Å²) in [5.74, 6) is -0.960. The number of likely N-dealkylation sites (N-methyl/N-ethyl adjacent to an activating group) is 1. The van der Waals surface area contributed by atoms with Crippen molar-refractivity contribution in [1.82, 2.24) is 10.2 Å². The van der Waals surface area contributed by atoms with Crippen molar-refractivity contribution in [3.63, 3.8) is 0 Å². The quantitative estimate of drug-likeness (QED) is 0.325. The van der Waals surface area contributed by atoms with E-state index in [0.29, 0.717) is 32.7 Å². The molecule has 0 heterocycles. The molecule has 0 spiro atoms. The van der Waals surface area contributed by atoms with Crippen LogP contribution in [0.15, 0.2) is 71.6 Å². The van der Waals surface area contributed by atoms with Crippen molar-refractivity contribution in [2.75, 3.05) is 17.9 Å². The summed E-state index contributed by atoms with van der Waals surface area (Å²) in [5.41, 5.74) is 1.79. The number of halogens is 3. The van der Waals surface area contributed by atoms with Crippen LogP contribution >= 0.6 is 34.8 Å². The number of carbonyl (C=O) groups is 2. The Kier molecular flexibility index (Phi) is 10.1. The second-order valence-corrected chi connectivity index (χ2v) is 11.7. The van der Waals surface area contributed by atoms with Crippen LogP contribution in [0.1, 0.15) is 24.5 Å². The van der Waals surface area contributed by atoms with E-state index in [1.165, 1.54) is 36.2 Å². The Labute approximate surface area is 238 Å². The highest BCUT2D eigenvalue weighted by Gasteiger charge is 2.33. The van der Waals surface area contributed by atoms with E-state index in [1.807, 2.05) is 6.92 Å². The predicted octanol–water partition coefficient (Wildman–Crippen LogP) is 5.70. The molecule has 2 amide bonds. The molecule has 0 saturated carbocycles. The zero-order chi connectivity index (χ0) is 28.0. The van der Waals surface area contributed by atoms with Crippen LogP contribution < -0.4 is 9.62 Å². The Hall–Kier alpha value is -2.78. The smallest absolute Gasteiger partial charge is 0.264 e. The van der Waals surface area contributed by atoms with Crippen LogP contribution in [0, 0.1) is 6.92 Å². The van der Waals surface area contributed by atoms with E-state index >= 15 is 0 Å². The number of aryl methyl sites for hydroxylation is 1. The summed E-state index contributed by atoms with van der Waals surface area (Å²) in [5, 5.41) is 3.71. The average Bonchev–Trinajstić information content (AvgIpc) is 2.88. The highest BCUT2D eigenvalue weighted by Crippen LogP contribution is 2.27. The molecular weight excluding hydrogens is 569 g/mol. The number of amides is 2. The number of carbonyl (C=O) groups excluding carboxylic acids is 2. The van der Waals surface area contributed by atoms with Crippen molar-refractivity contribution in [3.05, 3.63) is 92.9 Å². The number of anilines is 1. The molecule has 202 valence electrons. The van der Waals surface area contributed by atoms with Crippen molar-refractivity contribution >= 4 is 62.3 Å². The van der Waals surface area contributed by atoms with E-state index in [9.17, 15) is 18.0 Å². The van der Waals surface area contributed by atoms with Gasteiger partial charge in [0.25, 0.3) is 10.0 Å². The molecule has 3 rings (SSSR count). The van der Waals surface area contributed by atoms with Crippen LogP contribution in [0.5, 0.6) is 0 Å². The third kappa shape index (κ3) is 6.99. The molecule has 1 N–H and O–H groups in total. The zero-order valence-electron chi connectivity index (χ0n) is 21.1. The van der Waals surface area contributed by atoms with Gasteiger partial charge in [-0.3, -0.25) is 13.9 Å². The molecule has 0 bridgehead atoms. The van der Waals surface area contributed by atoms with Crippen LogP contribution in [0.3, 0.4) is 0 Å². The minimum Gasteiger partial charge on any atom is -0.357 e. The van der Waals surface area contributed by atoms with E-state index in [4.69, 9.17) is 34.8 Å². The molecule has 0 aliphatic carbocycles. The number of rotatable bonds is 10. The Morgan fingerprint density at radius 1 is 0.921 bits per heavy atom. The van der Waals surface area contributed by atoms with Gasteiger partial charge in [-0.05, 0) is 67.4 Å². The van der Waals surface area contributed by atoms with Crippen molar-refractivity contribution in [3.8, 4) is 0 Å². The van der Waals surface area contributed by atoms with Gasteiger partial charge in [0, 0.05) is 28.7 Å². The number of nitrogens with one attached hydrogen (secondary N) is 1. The molecule has 3 aromatic rings. The van der Waals surface area contributed by atoms with E-state index in [-0.39, 0.29) is 17.3 Å². The van der Waals surface area contributed by atoms with Crippen LogP contribution in [0.4, 0.5) is 5.69 Å². The van der Waals surface area contributed by atoms with Crippen molar-refractivity contribution < 1.29 is 18.0 Å². The van der Waals surface area contributed by atoms with E-state index < -0.39 is 28.5 Å². The average molecular weight is 597 g/mol. The second kappa shape index (κ2) is 12.8. The van der Waals surface area contributed by atoms with Crippen LogP contribution in [0.25, 0.3) is 0 Å². The zero-order valence-corrected chi connectivity index (χ0v) is 24.2. The summed E-state index contributed by atoms with van der Waals surface area (Å²) >= 11 is 18.4.